The van der Waals surface area contributed by atoms with E-state index in [1.807, 2.05) is 34.3 Å². The van der Waals surface area contributed by atoms with E-state index in [1.54, 1.807) is 30.4 Å². The average Bonchev–Trinajstić information content (AvgIpc) is 2.89. The van der Waals surface area contributed by atoms with Gasteiger partial charge in [0.2, 0.25) is 0 Å². The summed E-state index contributed by atoms with van der Waals surface area (Å²) in [7, 11) is 0. The predicted octanol–water partition coefficient (Wildman–Crippen LogP) is 3.50. The van der Waals surface area contributed by atoms with Crippen LogP contribution in [0, 0.1) is 0 Å². The third-order valence-corrected chi connectivity index (χ3v) is 4.16. The molecule has 0 spiro atoms. The van der Waals surface area contributed by atoms with Gasteiger partial charge in [-0.05, 0) is 24.6 Å². The molecular weight excluding hydrogens is 280 g/mol. The summed E-state index contributed by atoms with van der Waals surface area (Å²) < 4.78 is 1.97. The summed E-state index contributed by atoms with van der Waals surface area (Å²) in [6.45, 7) is 1.80. The second-order valence-electron chi connectivity index (χ2n) is 4.78. The van der Waals surface area contributed by atoms with Crippen molar-refractivity contribution in [2.45, 2.75) is 18.9 Å². The average molecular weight is 293 g/mol. The Morgan fingerprint density at radius 3 is 2.79 bits per heavy atom. The van der Waals surface area contributed by atoms with Gasteiger partial charge in [0.1, 0.15) is 0 Å². The summed E-state index contributed by atoms with van der Waals surface area (Å²) in [5, 5.41) is 13.3. The second-order valence-corrected chi connectivity index (χ2v) is 6.09. The molecule has 3 aromatic rings. The van der Waals surface area contributed by atoms with E-state index >= 15 is 0 Å². The zero-order valence-electron chi connectivity index (χ0n) is 10.4. The van der Waals surface area contributed by atoms with Crippen molar-refractivity contribution in [2.75, 3.05) is 0 Å². The highest BCUT2D eigenvalue weighted by molar-refractivity contribution is 7.15. The maximum absolute atomic E-state index is 10.6. The van der Waals surface area contributed by atoms with Crippen LogP contribution in [0.4, 0.5) is 0 Å². The molecule has 0 aliphatic carbocycles. The number of nitrogens with zero attached hydrogens (tertiary/aromatic N) is 2. The van der Waals surface area contributed by atoms with Crippen molar-refractivity contribution in [3.8, 4) is 0 Å². The summed E-state index contributed by atoms with van der Waals surface area (Å²) in [6.07, 6.45) is 4.40. The predicted molar refractivity (Wildman–Crippen MR) is 77.8 cm³/mol. The van der Waals surface area contributed by atoms with Gasteiger partial charge in [0.05, 0.1) is 11.3 Å². The number of aromatic nitrogens is 2. The van der Waals surface area contributed by atoms with E-state index in [0.29, 0.717) is 11.4 Å². The number of rotatable bonds is 3. The first-order valence-corrected chi connectivity index (χ1v) is 7.20. The fourth-order valence-corrected chi connectivity index (χ4v) is 2.97. The van der Waals surface area contributed by atoms with Gasteiger partial charge in [-0.2, -0.15) is 0 Å². The molecule has 3 nitrogen and oxygen atoms in total. The highest BCUT2D eigenvalue weighted by atomic mass is 35.5. The van der Waals surface area contributed by atoms with Crippen LogP contribution in [-0.2, 0) is 12.0 Å². The first kappa shape index (κ1) is 12.7. The lowest BCUT2D eigenvalue weighted by Gasteiger charge is -2.22. The highest BCUT2D eigenvalue weighted by Gasteiger charge is 2.25. The molecule has 1 aromatic carbocycles. The fraction of sp³-hybridized carbons (Fsp3) is 0.214. The zero-order valence-corrected chi connectivity index (χ0v) is 11.9. The summed E-state index contributed by atoms with van der Waals surface area (Å²) >= 11 is 7.45. The van der Waals surface area contributed by atoms with Crippen LogP contribution in [0.15, 0.2) is 42.0 Å². The van der Waals surface area contributed by atoms with Gasteiger partial charge in [0.25, 0.3) is 0 Å². The molecule has 0 saturated heterocycles. The quantitative estimate of drug-likeness (QED) is 0.802. The van der Waals surface area contributed by atoms with E-state index in [0.717, 1.165) is 16.2 Å². The van der Waals surface area contributed by atoms with E-state index in [-0.39, 0.29) is 0 Å². The number of hydrogen-bond acceptors (Lipinski definition) is 3. The van der Waals surface area contributed by atoms with Crippen molar-refractivity contribution in [3.63, 3.8) is 0 Å². The number of benzene rings is 1. The Morgan fingerprint density at radius 1 is 1.37 bits per heavy atom. The SMILES string of the molecule is CC(O)(Cc1cn2ccsc2n1)c1ccc(Cl)cc1. The molecule has 0 radical (unpaired) electrons. The van der Waals surface area contributed by atoms with Crippen LogP contribution >= 0.6 is 22.9 Å². The molecule has 0 bridgehead atoms. The minimum absolute atomic E-state index is 0.475. The molecule has 3 rings (SSSR count). The van der Waals surface area contributed by atoms with Crippen LogP contribution in [0.3, 0.4) is 0 Å². The largest absolute Gasteiger partial charge is 0.385 e. The molecule has 0 fully saturated rings. The third-order valence-electron chi connectivity index (χ3n) is 3.13. The van der Waals surface area contributed by atoms with Crippen LogP contribution in [0.2, 0.25) is 5.02 Å². The van der Waals surface area contributed by atoms with Crippen LogP contribution in [0.5, 0.6) is 0 Å². The van der Waals surface area contributed by atoms with Gasteiger partial charge in [-0.1, -0.05) is 23.7 Å². The first-order valence-electron chi connectivity index (χ1n) is 5.94. The van der Waals surface area contributed by atoms with Gasteiger partial charge in [0.15, 0.2) is 4.96 Å². The number of hydrogen-bond donors (Lipinski definition) is 1. The van der Waals surface area contributed by atoms with Crippen molar-refractivity contribution in [3.05, 3.63) is 58.3 Å². The lowest BCUT2D eigenvalue weighted by molar-refractivity contribution is 0.0567. The van der Waals surface area contributed by atoms with Crippen molar-refractivity contribution in [2.24, 2.45) is 0 Å². The molecule has 1 unspecified atom stereocenters. The van der Waals surface area contributed by atoms with Crippen LogP contribution < -0.4 is 0 Å². The molecule has 2 aromatic heterocycles. The van der Waals surface area contributed by atoms with Gasteiger partial charge in [0, 0.05) is 29.2 Å². The van der Waals surface area contributed by atoms with Crippen LogP contribution in [0.25, 0.3) is 4.96 Å². The van der Waals surface area contributed by atoms with Crippen molar-refractivity contribution < 1.29 is 5.11 Å². The minimum Gasteiger partial charge on any atom is -0.385 e. The Balaban J connectivity index is 1.88. The summed E-state index contributed by atoms with van der Waals surface area (Å²) in [5.74, 6) is 0. The van der Waals surface area contributed by atoms with Crippen molar-refractivity contribution in [1.29, 1.82) is 0 Å². The minimum atomic E-state index is -0.950. The number of fused-ring (bicyclic) bond motifs is 1. The summed E-state index contributed by atoms with van der Waals surface area (Å²) in [5.41, 5.74) is 0.772. The zero-order chi connectivity index (χ0) is 13.5. The lowest BCUT2D eigenvalue weighted by atomic mass is 9.91. The molecule has 0 amide bonds. The maximum atomic E-state index is 10.6. The summed E-state index contributed by atoms with van der Waals surface area (Å²) in [4.78, 5) is 5.44. The first-order chi connectivity index (χ1) is 9.04. The highest BCUT2D eigenvalue weighted by Crippen LogP contribution is 2.26. The Bertz CT molecular complexity index is 671. The van der Waals surface area contributed by atoms with Crippen LogP contribution in [-0.4, -0.2) is 14.5 Å². The van der Waals surface area contributed by atoms with Gasteiger partial charge in [-0.15, -0.1) is 11.3 Å². The molecule has 1 atom stereocenters. The van der Waals surface area contributed by atoms with E-state index in [1.165, 1.54) is 0 Å². The molecule has 1 N–H and O–H groups in total. The Morgan fingerprint density at radius 2 is 2.11 bits per heavy atom. The van der Waals surface area contributed by atoms with E-state index in [4.69, 9.17) is 11.6 Å². The smallest absolute Gasteiger partial charge is 0.193 e. The number of imidazole rings is 1. The monoisotopic (exact) mass is 292 g/mol. The molecular formula is C14H13ClN2OS. The normalized spacial score (nSPS) is 14.7. The second kappa shape index (κ2) is 4.63. The lowest BCUT2D eigenvalue weighted by Crippen LogP contribution is -2.24. The Kier molecular flexibility index (Phi) is 3.09. The maximum Gasteiger partial charge on any atom is 0.193 e. The standard InChI is InChI=1S/C14H13ClN2OS/c1-14(18,10-2-4-11(15)5-3-10)8-12-9-17-6-7-19-13(17)16-12/h2-7,9,18H,8H2,1H3. The van der Waals surface area contributed by atoms with Gasteiger partial charge >= 0.3 is 0 Å². The molecule has 5 heteroatoms. The van der Waals surface area contributed by atoms with Crippen LogP contribution in [0.1, 0.15) is 18.2 Å². The summed E-state index contributed by atoms with van der Waals surface area (Å²) in [6, 6.07) is 7.27. The Labute approximate surface area is 120 Å². The van der Waals surface area contributed by atoms with Gasteiger partial charge in [-0.25, -0.2) is 4.98 Å². The molecule has 0 aliphatic heterocycles. The topological polar surface area (TPSA) is 37.5 Å². The molecule has 0 aliphatic rings. The van der Waals surface area contributed by atoms with Crippen molar-refractivity contribution in [1.82, 2.24) is 9.38 Å². The van der Waals surface area contributed by atoms with Gasteiger partial charge < -0.3 is 5.11 Å². The fourth-order valence-electron chi connectivity index (χ4n) is 2.12. The number of thiazole rings is 1. The van der Waals surface area contributed by atoms with E-state index in [9.17, 15) is 5.11 Å². The molecule has 19 heavy (non-hydrogen) atoms. The number of halogens is 1. The third kappa shape index (κ3) is 2.52. The number of aliphatic hydroxyl groups is 1. The molecule has 2 heterocycles. The Hall–Kier alpha value is -1.36. The molecule has 0 saturated carbocycles. The van der Waals surface area contributed by atoms with Crippen molar-refractivity contribution >= 4 is 27.9 Å². The van der Waals surface area contributed by atoms with Gasteiger partial charge in [-0.3, -0.25) is 4.40 Å². The molecule has 98 valence electrons. The van der Waals surface area contributed by atoms with E-state index in [2.05, 4.69) is 4.98 Å². The van der Waals surface area contributed by atoms with E-state index < -0.39 is 5.60 Å².